The molecule has 3 nitrogen and oxygen atoms in total. The van der Waals surface area contributed by atoms with E-state index in [-0.39, 0.29) is 5.69 Å². The van der Waals surface area contributed by atoms with Crippen LogP contribution >= 0.6 is 11.8 Å². The number of hydrogen-bond donors (Lipinski definition) is 1. The van der Waals surface area contributed by atoms with E-state index >= 15 is 0 Å². The van der Waals surface area contributed by atoms with Crippen molar-refractivity contribution in [2.45, 2.75) is 17.9 Å². The highest BCUT2D eigenvalue weighted by molar-refractivity contribution is 7.99. The number of nitrogens with one attached hydrogen (secondary N) is 1. The number of amides is 1. The van der Waals surface area contributed by atoms with Crippen LogP contribution in [-0.2, 0) is 10.5 Å². The van der Waals surface area contributed by atoms with E-state index < -0.39 is 28.6 Å². The summed E-state index contributed by atoms with van der Waals surface area (Å²) in [5, 5.41) is 1.72. The molecular formula is C14H12F3NO2S. The Labute approximate surface area is 123 Å². The van der Waals surface area contributed by atoms with E-state index in [4.69, 9.17) is 4.42 Å². The van der Waals surface area contributed by atoms with Crippen molar-refractivity contribution < 1.29 is 22.4 Å². The van der Waals surface area contributed by atoms with Crippen LogP contribution in [0, 0.1) is 17.5 Å². The average molecular weight is 315 g/mol. The first kappa shape index (κ1) is 15.5. The van der Waals surface area contributed by atoms with Gasteiger partial charge in [-0.2, -0.15) is 0 Å². The predicted octanol–water partition coefficient (Wildman–Crippen LogP) is 3.96. The van der Waals surface area contributed by atoms with E-state index in [9.17, 15) is 18.0 Å². The molecule has 1 atom stereocenters. The molecule has 2 aromatic rings. The Kier molecular flexibility index (Phi) is 4.95. The van der Waals surface area contributed by atoms with Crippen LogP contribution in [0.15, 0.2) is 34.9 Å². The molecule has 0 spiro atoms. The van der Waals surface area contributed by atoms with Crippen molar-refractivity contribution in [3.8, 4) is 0 Å². The molecule has 0 saturated carbocycles. The summed E-state index contributed by atoms with van der Waals surface area (Å²) in [6, 6.07) is 5.24. The molecule has 1 aromatic heterocycles. The molecule has 0 aliphatic heterocycles. The second kappa shape index (κ2) is 6.71. The third-order valence-corrected chi connectivity index (χ3v) is 3.88. The van der Waals surface area contributed by atoms with Gasteiger partial charge in [-0.05, 0) is 31.2 Å². The summed E-state index contributed by atoms with van der Waals surface area (Å²) < 4.78 is 44.4. The summed E-state index contributed by atoms with van der Waals surface area (Å²) in [6.45, 7) is 1.63. The van der Waals surface area contributed by atoms with Crippen molar-refractivity contribution in [1.29, 1.82) is 0 Å². The number of furan rings is 1. The van der Waals surface area contributed by atoms with E-state index in [1.807, 2.05) is 0 Å². The van der Waals surface area contributed by atoms with Crippen LogP contribution in [0.1, 0.15) is 12.7 Å². The van der Waals surface area contributed by atoms with Crippen molar-refractivity contribution >= 4 is 23.4 Å². The lowest BCUT2D eigenvalue weighted by molar-refractivity contribution is -0.115. The van der Waals surface area contributed by atoms with Gasteiger partial charge in [-0.1, -0.05) is 0 Å². The Morgan fingerprint density at radius 1 is 1.29 bits per heavy atom. The molecule has 1 heterocycles. The standard InChI is InChI=1S/C14H12F3NO2S/c1-8(21-7-9-3-2-6-20-9)14(19)18-11-5-4-10(15)12(16)13(11)17/h2-6,8H,7H2,1H3,(H,18,19)/t8-/m0/s1. The lowest BCUT2D eigenvalue weighted by Gasteiger charge is -2.12. The molecule has 0 aliphatic rings. The minimum atomic E-state index is -1.61. The van der Waals surface area contributed by atoms with E-state index in [0.717, 1.165) is 12.1 Å². The second-order valence-electron chi connectivity index (χ2n) is 4.24. The maximum atomic E-state index is 13.4. The molecule has 0 saturated heterocycles. The van der Waals surface area contributed by atoms with Crippen molar-refractivity contribution in [3.05, 3.63) is 53.7 Å². The van der Waals surface area contributed by atoms with Crippen LogP contribution in [0.5, 0.6) is 0 Å². The van der Waals surface area contributed by atoms with Crippen LogP contribution in [0.25, 0.3) is 0 Å². The Bertz CT molecular complexity index is 631. The number of carbonyl (C=O) groups excluding carboxylic acids is 1. The van der Waals surface area contributed by atoms with Gasteiger partial charge in [0.05, 0.1) is 23.0 Å². The SMILES string of the molecule is C[C@H](SCc1ccco1)C(=O)Nc1ccc(F)c(F)c1F. The molecule has 1 N–H and O–H groups in total. The van der Waals surface area contributed by atoms with E-state index in [2.05, 4.69) is 5.32 Å². The fraction of sp³-hybridized carbons (Fsp3) is 0.214. The number of anilines is 1. The van der Waals surface area contributed by atoms with Gasteiger partial charge < -0.3 is 9.73 Å². The van der Waals surface area contributed by atoms with Gasteiger partial charge in [0.2, 0.25) is 5.91 Å². The molecule has 1 aromatic carbocycles. The van der Waals surface area contributed by atoms with Gasteiger partial charge in [-0.3, -0.25) is 4.79 Å². The van der Waals surface area contributed by atoms with E-state index in [1.54, 1.807) is 19.1 Å². The first-order valence-corrected chi connectivity index (χ1v) is 7.12. The molecule has 0 aliphatic carbocycles. The predicted molar refractivity (Wildman–Crippen MR) is 74.4 cm³/mol. The van der Waals surface area contributed by atoms with Crippen LogP contribution in [0.3, 0.4) is 0 Å². The summed E-state index contributed by atoms with van der Waals surface area (Å²) in [6.07, 6.45) is 1.53. The lowest BCUT2D eigenvalue weighted by Crippen LogP contribution is -2.23. The number of carbonyl (C=O) groups is 1. The van der Waals surface area contributed by atoms with Crippen LogP contribution in [0.4, 0.5) is 18.9 Å². The maximum Gasteiger partial charge on any atom is 0.237 e. The maximum absolute atomic E-state index is 13.4. The monoisotopic (exact) mass is 315 g/mol. The summed E-state index contributed by atoms with van der Waals surface area (Å²) in [5.41, 5.74) is -0.385. The molecule has 21 heavy (non-hydrogen) atoms. The van der Waals surface area contributed by atoms with Gasteiger partial charge in [0, 0.05) is 0 Å². The highest BCUT2D eigenvalue weighted by atomic mass is 32.2. The molecule has 0 unspecified atom stereocenters. The van der Waals surface area contributed by atoms with Crippen molar-refractivity contribution in [2.75, 3.05) is 5.32 Å². The van der Waals surface area contributed by atoms with Gasteiger partial charge in [0.25, 0.3) is 0 Å². The number of halogens is 3. The highest BCUT2D eigenvalue weighted by Crippen LogP contribution is 2.22. The van der Waals surface area contributed by atoms with E-state index in [0.29, 0.717) is 11.5 Å². The van der Waals surface area contributed by atoms with Gasteiger partial charge in [-0.15, -0.1) is 11.8 Å². The quantitative estimate of drug-likeness (QED) is 0.849. The van der Waals surface area contributed by atoms with E-state index in [1.165, 1.54) is 18.0 Å². The Hall–Kier alpha value is -1.89. The second-order valence-corrected chi connectivity index (χ2v) is 5.57. The minimum Gasteiger partial charge on any atom is -0.468 e. The largest absolute Gasteiger partial charge is 0.468 e. The summed E-state index contributed by atoms with van der Waals surface area (Å²) >= 11 is 1.28. The van der Waals surface area contributed by atoms with Crippen molar-refractivity contribution in [3.63, 3.8) is 0 Å². The normalized spacial score (nSPS) is 12.2. The smallest absolute Gasteiger partial charge is 0.237 e. The third kappa shape index (κ3) is 3.81. The molecule has 0 radical (unpaired) electrons. The first-order chi connectivity index (χ1) is 9.99. The molecule has 112 valence electrons. The third-order valence-electron chi connectivity index (χ3n) is 2.72. The Balaban J connectivity index is 1.96. The lowest BCUT2D eigenvalue weighted by atomic mass is 10.2. The van der Waals surface area contributed by atoms with Crippen molar-refractivity contribution in [2.24, 2.45) is 0 Å². The number of hydrogen-bond acceptors (Lipinski definition) is 3. The van der Waals surface area contributed by atoms with Crippen LogP contribution in [0.2, 0.25) is 0 Å². The molecule has 7 heteroatoms. The topological polar surface area (TPSA) is 42.2 Å². The zero-order chi connectivity index (χ0) is 15.4. The fourth-order valence-electron chi connectivity index (χ4n) is 1.53. The fourth-order valence-corrected chi connectivity index (χ4v) is 2.32. The van der Waals surface area contributed by atoms with Crippen molar-refractivity contribution in [1.82, 2.24) is 0 Å². The van der Waals surface area contributed by atoms with Crippen LogP contribution in [-0.4, -0.2) is 11.2 Å². The molecule has 0 bridgehead atoms. The summed E-state index contributed by atoms with van der Waals surface area (Å²) in [5.74, 6) is -3.64. The van der Waals surface area contributed by atoms with Gasteiger partial charge >= 0.3 is 0 Å². The number of thioether (sulfide) groups is 1. The molecule has 0 fully saturated rings. The summed E-state index contributed by atoms with van der Waals surface area (Å²) in [7, 11) is 0. The number of rotatable bonds is 5. The zero-order valence-electron chi connectivity index (χ0n) is 11.0. The van der Waals surface area contributed by atoms with Crippen LogP contribution < -0.4 is 5.32 Å². The minimum absolute atomic E-state index is 0.385. The Morgan fingerprint density at radius 3 is 2.71 bits per heavy atom. The van der Waals surface area contributed by atoms with Gasteiger partial charge in [0.15, 0.2) is 17.5 Å². The molecule has 1 amide bonds. The number of benzene rings is 1. The molecular weight excluding hydrogens is 303 g/mol. The van der Waals surface area contributed by atoms with Gasteiger partial charge in [-0.25, -0.2) is 13.2 Å². The summed E-state index contributed by atoms with van der Waals surface area (Å²) in [4.78, 5) is 11.9. The first-order valence-electron chi connectivity index (χ1n) is 6.07. The highest BCUT2D eigenvalue weighted by Gasteiger charge is 2.19. The van der Waals surface area contributed by atoms with Gasteiger partial charge in [0.1, 0.15) is 5.76 Å². The Morgan fingerprint density at radius 2 is 2.05 bits per heavy atom. The zero-order valence-corrected chi connectivity index (χ0v) is 11.8. The average Bonchev–Trinajstić information content (AvgIpc) is 2.98. The molecule has 2 rings (SSSR count).